The number of aliphatic hydroxyl groups excluding tert-OH is 1. The Morgan fingerprint density at radius 2 is 2.35 bits per heavy atom. The van der Waals surface area contributed by atoms with Crippen molar-refractivity contribution in [3.8, 4) is 0 Å². The number of nitrogen functional groups attached to an aromatic ring is 1. The summed E-state index contributed by atoms with van der Waals surface area (Å²) in [5.41, 5.74) is 6.83. The number of aliphatic hydroxyl groups is 1. The smallest absolute Gasteiger partial charge is 0.224 e. The first-order chi connectivity index (χ1) is 9.54. The molecule has 1 aliphatic rings. The van der Waals surface area contributed by atoms with Crippen molar-refractivity contribution in [1.82, 2.24) is 4.90 Å². The van der Waals surface area contributed by atoms with Crippen LogP contribution in [0.25, 0.3) is 0 Å². The molecule has 1 amide bonds. The number of nitrogens with zero attached hydrogens (tertiary/aromatic N) is 1. The number of carbonyl (C=O) groups is 1. The predicted octanol–water partition coefficient (Wildman–Crippen LogP) is 1.71. The molecule has 0 saturated carbocycles. The van der Waals surface area contributed by atoms with Crippen LogP contribution in [0.15, 0.2) is 18.2 Å². The zero-order valence-electron chi connectivity index (χ0n) is 11.3. The second-order valence-electron chi connectivity index (χ2n) is 5.13. The molecule has 0 bridgehead atoms. The summed E-state index contributed by atoms with van der Waals surface area (Å²) >= 11 is 5.87. The molecule has 2 rings (SSSR count). The molecule has 0 spiro atoms. The average Bonchev–Trinajstić information content (AvgIpc) is 2.80. The van der Waals surface area contributed by atoms with E-state index >= 15 is 0 Å². The maximum atomic E-state index is 11.8. The lowest BCUT2D eigenvalue weighted by atomic mass is 10.2. The maximum absolute atomic E-state index is 11.8. The Kier molecular flexibility index (Phi) is 5.23. The van der Waals surface area contributed by atoms with Gasteiger partial charge in [-0.2, -0.15) is 0 Å². The van der Waals surface area contributed by atoms with Crippen LogP contribution in [0.4, 0.5) is 11.4 Å². The molecule has 0 aliphatic carbocycles. The van der Waals surface area contributed by atoms with Gasteiger partial charge >= 0.3 is 0 Å². The number of rotatable bonds is 5. The molecule has 4 N–H and O–H groups in total. The molecule has 1 unspecified atom stereocenters. The number of nitrogens with two attached hydrogens (primary N) is 1. The van der Waals surface area contributed by atoms with Crippen LogP contribution in [-0.4, -0.2) is 41.7 Å². The molecule has 1 aliphatic heterocycles. The van der Waals surface area contributed by atoms with Gasteiger partial charge in [-0.1, -0.05) is 11.6 Å². The van der Waals surface area contributed by atoms with Crippen molar-refractivity contribution in [2.45, 2.75) is 25.4 Å². The van der Waals surface area contributed by atoms with Crippen LogP contribution in [0.3, 0.4) is 0 Å². The Balaban J connectivity index is 1.74. The normalized spacial score (nSPS) is 19.2. The van der Waals surface area contributed by atoms with Gasteiger partial charge < -0.3 is 21.1 Å². The van der Waals surface area contributed by atoms with Gasteiger partial charge in [-0.05, 0) is 37.6 Å². The molecule has 1 saturated heterocycles. The highest BCUT2D eigenvalue weighted by Gasteiger charge is 2.19. The van der Waals surface area contributed by atoms with E-state index in [0.717, 1.165) is 25.9 Å². The third-order valence-corrected chi connectivity index (χ3v) is 3.65. The van der Waals surface area contributed by atoms with Crippen molar-refractivity contribution in [2.75, 3.05) is 30.7 Å². The Morgan fingerprint density at radius 1 is 1.55 bits per heavy atom. The lowest BCUT2D eigenvalue weighted by Gasteiger charge is -2.14. The lowest BCUT2D eigenvalue weighted by Crippen LogP contribution is -2.24. The summed E-state index contributed by atoms with van der Waals surface area (Å²) in [4.78, 5) is 14.0. The monoisotopic (exact) mass is 297 g/mol. The van der Waals surface area contributed by atoms with Gasteiger partial charge in [0, 0.05) is 24.5 Å². The van der Waals surface area contributed by atoms with Crippen LogP contribution < -0.4 is 11.1 Å². The topological polar surface area (TPSA) is 78.6 Å². The van der Waals surface area contributed by atoms with Gasteiger partial charge in [0.25, 0.3) is 0 Å². The molecule has 1 aromatic carbocycles. The van der Waals surface area contributed by atoms with E-state index < -0.39 is 0 Å². The molecule has 110 valence electrons. The molecular formula is C14H20ClN3O2. The number of halogens is 1. The first kappa shape index (κ1) is 15.1. The summed E-state index contributed by atoms with van der Waals surface area (Å²) in [6.45, 7) is 2.45. The van der Waals surface area contributed by atoms with Crippen LogP contribution in [0.2, 0.25) is 5.02 Å². The Labute approximate surface area is 123 Å². The summed E-state index contributed by atoms with van der Waals surface area (Å²) in [5, 5.41) is 12.7. The van der Waals surface area contributed by atoms with E-state index in [1.54, 1.807) is 18.2 Å². The first-order valence-corrected chi connectivity index (χ1v) is 7.17. The summed E-state index contributed by atoms with van der Waals surface area (Å²) in [6, 6.07) is 5.00. The van der Waals surface area contributed by atoms with E-state index in [1.807, 2.05) is 0 Å². The van der Waals surface area contributed by atoms with Crippen molar-refractivity contribution in [2.24, 2.45) is 0 Å². The molecular weight excluding hydrogens is 278 g/mol. The summed E-state index contributed by atoms with van der Waals surface area (Å²) in [5.74, 6) is -0.0706. The maximum Gasteiger partial charge on any atom is 0.224 e. The van der Waals surface area contributed by atoms with Crippen molar-refractivity contribution >= 4 is 28.9 Å². The fourth-order valence-electron chi connectivity index (χ4n) is 2.33. The average molecular weight is 298 g/mol. The van der Waals surface area contributed by atoms with Gasteiger partial charge in [-0.3, -0.25) is 4.79 Å². The van der Waals surface area contributed by atoms with Gasteiger partial charge in [-0.25, -0.2) is 0 Å². The Bertz CT molecular complexity index is 481. The van der Waals surface area contributed by atoms with E-state index in [4.69, 9.17) is 17.3 Å². The quantitative estimate of drug-likeness (QED) is 0.723. The van der Waals surface area contributed by atoms with E-state index in [9.17, 15) is 9.90 Å². The molecule has 1 aromatic rings. The van der Waals surface area contributed by atoms with Gasteiger partial charge in [0.15, 0.2) is 0 Å². The zero-order chi connectivity index (χ0) is 14.5. The molecule has 1 fully saturated rings. The SMILES string of the molecule is Nc1ccc(Cl)cc1NC(=O)CCCN1CCC(O)C1. The Hall–Kier alpha value is -1.30. The molecule has 0 radical (unpaired) electrons. The fraction of sp³-hybridized carbons (Fsp3) is 0.500. The number of carbonyl (C=O) groups excluding carboxylic acids is 1. The second-order valence-corrected chi connectivity index (χ2v) is 5.56. The van der Waals surface area contributed by atoms with Gasteiger partial charge in [0.1, 0.15) is 0 Å². The van der Waals surface area contributed by atoms with E-state index in [1.165, 1.54) is 0 Å². The third-order valence-electron chi connectivity index (χ3n) is 3.42. The number of anilines is 2. The third kappa shape index (κ3) is 4.37. The van der Waals surface area contributed by atoms with Crippen molar-refractivity contribution in [3.63, 3.8) is 0 Å². The summed E-state index contributed by atoms with van der Waals surface area (Å²) in [6.07, 6.45) is 1.80. The highest BCUT2D eigenvalue weighted by molar-refractivity contribution is 6.31. The minimum absolute atomic E-state index is 0.0706. The number of likely N-dealkylation sites (tertiary alicyclic amines) is 1. The number of hydrogen-bond donors (Lipinski definition) is 3. The van der Waals surface area contributed by atoms with Crippen molar-refractivity contribution < 1.29 is 9.90 Å². The first-order valence-electron chi connectivity index (χ1n) is 6.80. The summed E-state index contributed by atoms with van der Waals surface area (Å²) < 4.78 is 0. The standard InChI is InChI=1S/C14H20ClN3O2/c15-10-3-4-12(16)13(8-10)17-14(20)2-1-6-18-7-5-11(19)9-18/h3-4,8,11,19H,1-2,5-7,9,16H2,(H,17,20). The van der Waals surface area contributed by atoms with Crippen molar-refractivity contribution in [3.05, 3.63) is 23.2 Å². The molecule has 6 heteroatoms. The highest BCUT2D eigenvalue weighted by atomic mass is 35.5. The van der Waals surface area contributed by atoms with Crippen LogP contribution in [0.5, 0.6) is 0 Å². The minimum atomic E-state index is -0.213. The van der Waals surface area contributed by atoms with Crippen molar-refractivity contribution in [1.29, 1.82) is 0 Å². The largest absolute Gasteiger partial charge is 0.397 e. The van der Waals surface area contributed by atoms with Crippen LogP contribution in [-0.2, 0) is 4.79 Å². The van der Waals surface area contributed by atoms with Gasteiger partial charge in [0.2, 0.25) is 5.91 Å². The van der Waals surface area contributed by atoms with Crippen LogP contribution in [0.1, 0.15) is 19.3 Å². The molecule has 20 heavy (non-hydrogen) atoms. The number of β-amino-alcohol motifs (C(OH)–C–C–N with tert-alkyl or cyclic N) is 1. The van der Waals surface area contributed by atoms with Gasteiger partial charge in [-0.15, -0.1) is 0 Å². The highest BCUT2D eigenvalue weighted by Crippen LogP contribution is 2.23. The second kappa shape index (κ2) is 6.92. The van der Waals surface area contributed by atoms with Gasteiger partial charge in [0.05, 0.1) is 17.5 Å². The van der Waals surface area contributed by atoms with Crippen LogP contribution in [0, 0.1) is 0 Å². The number of hydrogen-bond acceptors (Lipinski definition) is 4. The minimum Gasteiger partial charge on any atom is -0.397 e. The van der Waals surface area contributed by atoms with Crippen LogP contribution >= 0.6 is 11.6 Å². The lowest BCUT2D eigenvalue weighted by molar-refractivity contribution is -0.116. The number of benzene rings is 1. The number of nitrogens with one attached hydrogen (secondary N) is 1. The van der Waals surface area contributed by atoms with E-state index in [2.05, 4.69) is 10.2 Å². The van der Waals surface area contributed by atoms with E-state index in [-0.39, 0.29) is 12.0 Å². The predicted molar refractivity (Wildman–Crippen MR) is 80.8 cm³/mol. The fourth-order valence-corrected chi connectivity index (χ4v) is 2.50. The van der Waals surface area contributed by atoms with E-state index in [0.29, 0.717) is 29.4 Å². The number of amides is 1. The molecule has 5 nitrogen and oxygen atoms in total. The molecule has 1 heterocycles. The summed E-state index contributed by atoms with van der Waals surface area (Å²) in [7, 11) is 0. The molecule has 0 aromatic heterocycles. The molecule has 1 atom stereocenters. The Morgan fingerprint density at radius 3 is 3.05 bits per heavy atom. The zero-order valence-corrected chi connectivity index (χ0v) is 12.1.